The number of methoxy groups -OCH3 is 1. The van der Waals surface area contributed by atoms with E-state index < -0.39 is 0 Å². The van der Waals surface area contributed by atoms with Crippen molar-refractivity contribution in [1.82, 2.24) is 14.8 Å². The fourth-order valence-corrected chi connectivity index (χ4v) is 1.87. The van der Waals surface area contributed by atoms with E-state index in [1.165, 1.54) is 0 Å². The van der Waals surface area contributed by atoms with Gasteiger partial charge in [-0.3, -0.25) is 4.57 Å². The van der Waals surface area contributed by atoms with E-state index in [0.29, 0.717) is 0 Å². The lowest BCUT2D eigenvalue weighted by Gasteiger charge is -2.08. The molecule has 5 nitrogen and oxygen atoms in total. The van der Waals surface area contributed by atoms with Gasteiger partial charge in [-0.2, -0.15) is 0 Å². The van der Waals surface area contributed by atoms with Crippen molar-refractivity contribution in [2.24, 2.45) is 0 Å². The van der Waals surface area contributed by atoms with Crippen LogP contribution < -0.4 is 10.1 Å². The first-order valence-electron chi connectivity index (χ1n) is 6.11. The SMILES string of the molecule is CCNc1nnc(-c2cccc(OC)c2)n1CC. The number of rotatable bonds is 5. The van der Waals surface area contributed by atoms with Crippen LogP contribution in [0.3, 0.4) is 0 Å². The molecule has 0 amide bonds. The second-order valence-corrected chi connectivity index (χ2v) is 3.85. The molecule has 0 atom stereocenters. The van der Waals surface area contributed by atoms with Gasteiger partial charge in [0, 0.05) is 18.7 Å². The molecule has 0 fully saturated rings. The normalized spacial score (nSPS) is 10.4. The molecule has 0 aliphatic heterocycles. The molecule has 2 rings (SSSR count). The Balaban J connectivity index is 2.43. The van der Waals surface area contributed by atoms with E-state index >= 15 is 0 Å². The third kappa shape index (κ3) is 2.30. The summed E-state index contributed by atoms with van der Waals surface area (Å²) in [6.45, 7) is 5.77. The van der Waals surface area contributed by atoms with E-state index in [9.17, 15) is 0 Å². The van der Waals surface area contributed by atoms with Gasteiger partial charge in [0.15, 0.2) is 5.82 Å². The summed E-state index contributed by atoms with van der Waals surface area (Å²) in [5.74, 6) is 2.48. The molecule has 18 heavy (non-hydrogen) atoms. The van der Waals surface area contributed by atoms with Crippen LogP contribution in [0, 0.1) is 0 Å². The molecule has 2 aromatic rings. The standard InChI is InChI=1S/C13H18N4O/c1-4-14-13-16-15-12(17(13)5-2)10-7-6-8-11(9-10)18-3/h6-9H,4-5H2,1-3H3,(H,14,16). The molecule has 0 unspecified atom stereocenters. The third-order valence-corrected chi connectivity index (χ3v) is 2.73. The zero-order valence-corrected chi connectivity index (χ0v) is 11.0. The zero-order valence-electron chi connectivity index (χ0n) is 11.0. The highest BCUT2D eigenvalue weighted by atomic mass is 16.5. The zero-order chi connectivity index (χ0) is 13.0. The largest absolute Gasteiger partial charge is 0.497 e. The predicted molar refractivity (Wildman–Crippen MR) is 71.8 cm³/mol. The van der Waals surface area contributed by atoms with Crippen LogP contribution in [0.1, 0.15) is 13.8 Å². The Labute approximate surface area is 107 Å². The number of nitrogens with zero attached hydrogens (tertiary/aromatic N) is 3. The first kappa shape index (κ1) is 12.4. The minimum absolute atomic E-state index is 0.804. The van der Waals surface area contributed by atoms with Crippen LogP contribution in [0.25, 0.3) is 11.4 Å². The van der Waals surface area contributed by atoms with Crippen molar-refractivity contribution >= 4 is 5.95 Å². The maximum Gasteiger partial charge on any atom is 0.224 e. The quantitative estimate of drug-likeness (QED) is 0.880. The van der Waals surface area contributed by atoms with E-state index in [1.54, 1.807) is 7.11 Å². The molecule has 96 valence electrons. The highest BCUT2D eigenvalue weighted by Crippen LogP contribution is 2.24. The number of hydrogen-bond acceptors (Lipinski definition) is 4. The Morgan fingerprint density at radius 1 is 1.28 bits per heavy atom. The van der Waals surface area contributed by atoms with E-state index in [4.69, 9.17) is 4.74 Å². The predicted octanol–water partition coefficient (Wildman–Crippen LogP) is 2.41. The molecule has 0 spiro atoms. The molecule has 1 heterocycles. The van der Waals surface area contributed by atoms with Crippen LogP contribution in [0.4, 0.5) is 5.95 Å². The average molecular weight is 246 g/mol. The van der Waals surface area contributed by atoms with E-state index in [0.717, 1.165) is 36.2 Å². The van der Waals surface area contributed by atoms with Crippen LogP contribution in [-0.2, 0) is 6.54 Å². The van der Waals surface area contributed by atoms with Crippen molar-refractivity contribution < 1.29 is 4.74 Å². The van der Waals surface area contributed by atoms with Gasteiger partial charge in [0.2, 0.25) is 5.95 Å². The van der Waals surface area contributed by atoms with Crippen molar-refractivity contribution in [2.45, 2.75) is 20.4 Å². The number of benzene rings is 1. The molecule has 1 N–H and O–H groups in total. The number of aromatic nitrogens is 3. The Hall–Kier alpha value is -2.04. The Kier molecular flexibility index (Phi) is 3.82. The smallest absolute Gasteiger partial charge is 0.224 e. The summed E-state index contributed by atoms with van der Waals surface area (Å²) >= 11 is 0. The Bertz CT molecular complexity index is 521. The molecular weight excluding hydrogens is 228 g/mol. The monoisotopic (exact) mass is 246 g/mol. The lowest BCUT2D eigenvalue weighted by atomic mass is 10.2. The van der Waals surface area contributed by atoms with Gasteiger partial charge in [0.1, 0.15) is 5.75 Å². The van der Waals surface area contributed by atoms with E-state index in [1.807, 2.05) is 31.2 Å². The Morgan fingerprint density at radius 3 is 2.78 bits per heavy atom. The molecule has 1 aromatic heterocycles. The molecule has 0 saturated carbocycles. The molecule has 0 aliphatic rings. The van der Waals surface area contributed by atoms with Crippen molar-refractivity contribution in [2.75, 3.05) is 19.0 Å². The first-order chi connectivity index (χ1) is 8.80. The fourth-order valence-electron chi connectivity index (χ4n) is 1.87. The van der Waals surface area contributed by atoms with Crippen molar-refractivity contribution in [3.05, 3.63) is 24.3 Å². The molecule has 1 aromatic carbocycles. The lowest BCUT2D eigenvalue weighted by Crippen LogP contribution is -2.06. The van der Waals surface area contributed by atoms with Crippen LogP contribution >= 0.6 is 0 Å². The third-order valence-electron chi connectivity index (χ3n) is 2.73. The molecule has 0 aliphatic carbocycles. The highest BCUT2D eigenvalue weighted by Gasteiger charge is 2.12. The van der Waals surface area contributed by atoms with Gasteiger partial charge in [-0.25, -0.2) is 0 Å². The molecule has 0 bridgehead atoms. The van der Waals surface area contributed by atoms with E-state index in [2.05, 4.69) is 27.0 Å². The topological polar surface area (TPSA) is 52.0 Å². The summed E-state index contributed by atoms with van der Waals surface area (Å²) in [5.41, 5.74) is 1.01. The summed E-state index contributed by atoms with van der Waals surface area (Å²) in [4.78, 5) is 0. The van der Waals surface area contributed by atoms with Crippen LogP contribution in [0.15, 0.2) is 24.3 Å². The maximum absolute atomic E-state index is 5.23. The van der Waals surface area contributed by atoms with E-state index in [-0.39, 0.29) is 0 Å². The van der Waals surface area contributed by atoms with Gasteiger partial charge in [0.05, 0.1) is 7.11 Å². The molecular formula is C13H18N4O. The van der Waals surface area contributed by atoms with Crippen LogP contribution in [0.5, 0.6) is 5.75 Å². The van der Waals surface area contributed by atoms with Crippen molar-refractivity contribution in [1.29, 1.82) is 0 Å². The number of anilines is 1. The number of hydrogen-bond donors (Lipinski definition) is 1. The minimum atomic E-state index is 0.804. The summed E-state index contributed by atoms with van der Waals surface area (Å²) in [6.07, 6.45) is 0. The number of ether oxygens (including phenoxy) is 1. The first-order valence-corrected chi connectivity index (χ1v) is 6.11. The van der Waals surface area contributed by atoms with Gasteiger partial charge in [-0.1, -0.05) is 12.1 Å². The summed E-state index contributed by atoms with van der Waals surface area (Å²) in [6, 6.07) is 7.84. The van der Waals surface area contributed by atoms with Gasteiger partial charge >= 0.3 is 0 Å². The lowest BCUT2D eigenvalue weighted by molar-refractivity contribution is 0.415. The Morgan fingerprint density at radius 2 is 2.11 bits per heavy atom. The second-order valence-electron chi connectivity index (χ2n) is 3.85. The fraction of sp³-hybridized carbons (Fsp3) is 0.385. The summed E-state index contributed by atoms with van der Waals surface area (Å²) in [7, 11) is 1.66. The average Bonchev–Trinajstić information content (AvgIpc) is 2.82. The van der Waals surface area contributed by atoms with Crippen molar-refractivity contribution in [3.63, 3.8) is 0 Å². The van der Waals surface area contributed by atoms with Gasteiger partial charge in [0.25, 0.3) is 0 Å². The maximum atomic E-state index is 5.23. The molecule has 0 radical (unpaired) electrons. The second kappa shape index (κ2) is 5.53. The van der Waals surface area contributed by atoms with Gasteiger partial charge in [-0.05, 0) is 26.0 Å². The molecule has 5 heteroatoms. The molecule has 0 saturated heterocycles. The highest BCUT2D eigenvalue weighted by molar-refractivity contribution is 5.59. The summed E-state index contributed by atoms with van der Waals surface area (Å²) < 4.78 is 7.28. The van der Waals surface area contributed by atoms with Crippen LogP contribution in [-0.4, -0.2) is 28.4 Å². The summed E-state index contributed by atoms with van der Waals surface area (Å²) in [5, 5.41) is 11.6. The van der Waals surface area contributed by atoms with Crippen molar-refractivity contribution in [3.8, 4) is 17.1 Å². The van der Waals surface area contributed by atoms with Crippen LogP contribution in [0.2, 0.25) is 0 Å². The van der Waals surface area contributed by atoms with Gasteiger partial charge < -0.3 is 10.1 Å². The number of nitrogens with one attached hydrogen (secondary N) is 1. The van der Waals surface area contributed by atoms with Gasteiger partial charge in [-0.15, -0.1) is 10.2 Å². The minimum Gasteiger partial charge on any atom is -0.497 e.